The van der Waals surface area contributed by atoms with Gasteiger partial charge >= 0.3 is 32.5 Å². The van der Waals surface area contributed by atoms with Gasteiger partial charge in [-0.15, -0.1) is 0 Å². The van der Waals surface area contributed by atoms with Crippen molar-refractivity contribution >= 4 is 14.0 Å². The van der Waals surface area contributed by atoms with E-state index in [1.165, 1.54) is 32.2 Å². The Hall–Kier alpha value is -5.08. The minimum atomic E-state index is -5.33. The monoisotopic (exact) mass is 929 g/mol. The SMILES string of the molecule is COc1cc(F)c(C(C)C)cc1-c1ccc(C(F)(F)F)cc1CN[C@@H](C)[C@H](OC(=O)Oc1ccc(OCCOP(=O)(O)O)cc1OC(C)C)c1cc(C(F)(F)F)cc(C(F)(F)F)c1. The molecule has 0 aliphatic heterocycles. The van der Waals surface area contributed by atoms with Crippen molar-refractivity contribution in [3.8, 4) is 34.1 Å². The Bertz CT molecular complexity index is 2240. The smallest absolute Gasteiger partial charge is 0.496 e. The van der Waals surface area contributed by atoms with E-state index in [-0.39, 0.29) is 63.8 Å². The Kier molecular flexibility index (Phi) is 16.2. The number of ether oxygens (including phenoxy) is 5. The molecule has 4 aromatic rings. The van der Waals surface area contributed by atoms with Crippen molar-refractivity contribution in [3.05, 3.63) is 106 Å². The zero-order valence-corrected chi connectivity index (χ0v) is 35.1. The van der Waals surface area contributed by atoms with Crippen LogP contribution in [0.4, 0.5) is 48.7 Å². The van der Waals surface area contributed by atoms with Gasteiger partial charge in [-0.1, -0.05) is 19.9 Å². The number of rotatable bonds is 17. The first-order valence-corrected chi connectivity index (χ1v) is 20.2. The van der Waals surface area contributed by atoms with Crippen LogP contribution in [0.25, 0.3) is 11.1 Å². The standard InChI is InChI=1S/C41H42F10NO10P/c1-21(2)31-18-32(35(57-6)19-33(31)42)30-9-7-26(39(43,44)45)15-25(30)20-52-23(5)37(24-13-27(40(46,47)48)16-28(14-24)41(49,50)51)62-38(53)61-34-10-8-29(17-36(34)60-22(3)4)58-11-12-59-63(54,55)56/h7-10,13-19,21-23,37,52H,11-12,20H2,1-6H3,(H2,54,55,56)/t23-,37-/m0/s1. The molecule has 346 valence electrons. The van der Waals surface area contributed by atoms with Gasteiger partial charge in [0.15, 0.2) is 11.5 Å². The first-order valence-electron chi connectivity index (χ1n) is 18.7. The van der Waals surface area contributed by atoms with E-state index in [1.54, 1.807) is 27.7 Å². The van der Waals surface area contributed by atoms with E-state index in [2.05, 4.69) is 9.84 Å². The van der Waals surface area contributed by atoms with Gasteiger partial charge in [0.25, 0.3) is 0 Å². The summed E-state index contributed by atoms with van der Waals surface area (Å²) in [6.07, 6.45) is -19.9. The maximum atomic E-state index is 15.0. The van der Waals surface area contributed by atoms with E-state index >= 15 is 0 Å². The second kappa shape index (κ2) is 20.2. The lowest BCUT2D eigenvalue weighted by Crippen LogP contribution is -2.35. The van der Waals surface area contributed by atoms with Crippen molar-refractivity contribution in [3.63, 3.8) is 0 Å². The zero-order valence-electron chi connectivity index (χ0n) is 34.2. The maximum absolute atomic E-state index is 15.0. The predicted molar refractivity (Wildman–Crippen MR) is 206 cm³/mol. The highest BCUT2D eigenvalue weighted by Gasteiger charge is 2.39. The van der Waals surface area contributed by atoms with Crippen LogP contribution < -0.4 is 24.3 Å². The van der Waals surface area contributed by atoms with Crippen molar-refractivity contribution in [2.45, 2.75) is 83.9 Å². The number of hydrogen-bond donors (Lipinski definition) is 3. The van der Waals surface area contributed by atoms with Gasteiger partial charge in [0, 0.05) is 30.3 Å². The summed E-state index contributed by atoms with van der Waals surface area (Å²) in [5.74, 6) is -1.66. The highest BCUT2D eigenvalue weighted by atomic mass is 31.2. The fourth-order valence-electron chi connectivity index (χ4n) is 6.09. The molecule has 0 amide bonds. The molecule has 0 spiro atoms. The molecular weight excluding hydrogens is 887 g/mol. The summed E-state index contributed by atoms with van der Waals surface area (Å²) >= 11 is 0. The molecule has 0 saturated carbocycles. The average molecular weight is 930 g/mol. The number of carbonyl (C=O) groups is 1. The summed E-state index contributed by atoms with van der Waals surface area (Å²) in [5.41, 5.74) is -5.17. The fourth-order valence-corrected chi connectivity index (χ4v) is 6.41. The van der Waals surface area contributed by atoms with Crippen molar-refractivity contribution in [2.24, 2.45) is 0 Å². The molecule has 3 N–H and O–H groups in total. The van der Waals surface area contributed by atoms with Crippen LogP contribution in [0.1, 0.15) is 80.0 Å². The molecule has 0 radical (unpaired) electrons. The topological polar surface area (TPSA) is 142 Å². The molecule has 0 fully saturated rings. The van der Waals surface area contributed by atoms with Crippen molar-refractivity contribution < 1.29 is 91.3 Å². The van der Waals surface area contributed by atoms with Crippen LogP contribution >= 0.6 is 7.82 Å². The number of benzene rings is 4. The highest BCUT2D eigenvalue weighted by Crippen LogP contribution is 2.42. The largest absolute Gasteiger partial charge is 0.514 e. The zero-order chi connectivity index (χ0) is 47.2. The van der Waals surface area contributed by atoms with Crippen molar-refractivity contribution in [2.75, 3.05) is 20.3 Å². The molecule has 0 aliphatic carbocycles. The number of methoxy groups -OCH3 is 1. The van der Waals surface area contributed by atoms with Crippen LogP contribution in [0.2, 0.25) is 0 Å². The quantitative estimate of drug-likeness (QED) is 0.0306. The molecule has 22 heteroatoms. The number of nitrogens with one attached hydrogen (secondary N) is 1. The minimum Gasteiger partial charge on any atom is -0.496 e. The second-order valence-corrected chi connectivity index (χ2v) is 15.7. The third-order valence-corrected chi connectivity index (χ3v) is 9.50. The van der Waals surface area contributed by atoms with Crippen LogP contribution in [0.15, 0.2) is 66.7 Å². The second-order valence-electron chi connectivity index (χ2n) is 14.4. The van der Waals surface area contributed by atoms with Crippen LogP contribution in [0.3, 0.4) is 0 Å². The van der Waals surface area contributed by atoms with Gasteiger partial charge in [-0.2, -0.15) is 39.5 Å². The van der Waals surface area contributed by atoms with Gasteiger partial charge in [0.2, 0.25) is 0 Å². The summed E-state index contributed by atoms with van der Waals surface area (Å²) in [7, 11) is -3.60. The van der Waals surface area contributed by atoms with Gasteiger partial charge in [-0.3, -0.25) is 4.52 Å². The summed E-state index contributed by atoms with van der Waals surface area (Å²) in [6.45, 7) is 6.20. The first kappa shape index (κ1) is 50.6. The van der Waals surface area contributed by atoms with Gasteiger partial charge in [-0.05, 0) is 97.5 Å². The molecule has 4 rings (SSSR count). The Balaban J connectivity index is 1.78. The van der Waals surface area contributed by atoms with E-state index in [1.807, 2.05) is 0 Å². The number of phosphoric acid groups is 1. The van der Waals surface area contributed by atoms with Crippen molar-refractivity contribution in [1.29, 1.82) is 0 Å². The lowest BCUT2D eigenvalue weighted by Gasteiger charge is -2.27. The summed E-state index contributed by atoms with van der Waals surface area (Å²) in [6, 6.07) is 7.56. The number of phosphoric ester groups is 1. The number of alkyl halides is 9. The Morgan fingerprint density at radius 3 is 1.89 bits per heavy atom. The molecule has 4 aromatic carbocycles. The van der Waals surface area contributed by atoms with Crippen LogP contribution in [0.5, 0.6) is 23.0 Å². The molecule has 2 atom stereocenters. The van der Waals surface area contributed by atoms with E-state index < -0.39 is 92.0 Å². The van der Waals surface area contributed by atoms with E-state index in [0.717, 1.165) is 30.3 Å². The third kappa shape index (κ3) is 14.2. The van der Waals surface area contributed by atoms with Crippen LogP contribution in [0, 0.1) is 5.82 Å². The van der Waals surface area contributed by atoms with Gasteiger partial charge < -0.3 is 38.8 Å². The summed E-state index contributed by atoms with van der Waals surface area (Å²) in [5, 5.41) is 2.76. The molecule has 63 heavy (non-hydrogen) atoms. The summed E-state index contributed by atoms with van der Waals surface area (Å²) in [4.78, 5) is 31.2. The lowest BCUT2D eigenvalue weighted by atomic mass is 9.92. The highest BCUT2D eigenvalue weighted by molar-refractivity contribution is 7.46. The summed E-state index contributed by atoms with van der Waals surface area (Å²) < 4.78 is 184. The molecule has 0 unspecified atom stereocenters. The normalized spacial score (nSPS) is 13.5. The van der Waals surface area contributed by atoms with E-state index in [4.69, 9.17) is 33.5 Å². The number of halogens is 10. The molecule has 0 heterocycles. The number of hydrogen-bond acceptors (Lipinski definition) is 9. The third-order valence-electron chi connectivity index (χ3n) is 8.98. The van der Waals surface area contributed by atoms with Gasteiger partial charge in [0.1, 0.15) is 30.0 Å². The predicted octanol–water partition coefficient (Wildman–Crippen LogP) is 11.4. The Morgan fingerprint density at radius 1 is 0.730 bits per heavy atom. The molecule has 0 bridgehead atoms. The maximum Gasteiger partial charge on any atom is 0.514 e. The van der Waals surface area contributed by atoms with Crippen LogP contribution in [-0.2, 0) is 38.9 Å². The fraction of sp³-hybridized carbons (Fsp3) is 0.390. The van der Waals surface area contributed by atoms with Gasteiger partial charge in [-0.25, -0.2) is 13.8 Å². The Morgan fingerprint density at radius 2 is 1.35 bits per heavy atom. The average Bonchev–Trinajstić information content (AvgIpc) is 3.16. The van der Waals surface area contributed by atoms with E-state index in [9.17, 15) is 53.3 Å². The van der Waals surface area contributed by atoms with Crippen LogP contribution in [-0.4, -0.2) is 48.4 Å². The van der Waals surface area contributed by atoms with E-state index in [0.29, 0.717) is 12.1 Å². The molecule has 0 aliphatic rings. The van der Waals surface area contributed by atoms with Gasteiger partial charge in [0.05, 0.1) is 36.5 Å². The molecule has 0 saturated heterocycles. The first-order chi connectivity index (χ1) is 29.1. The molecule has 11 nitrogen and oxygen atoms in total. The molecule has 0 aromatic heterocycles. The Labute approximate surface area is 354 Å². The number of carbonyl (C=O) groups excluding carboxylic acids is 1. The minimum absolute atomic E-state index is 0.0210. The molecular formula is C41H42F10NO10P. The van der Waals surface area contributed by atoms with Crippen molar-refractivity contribution in [1.82, 2.24) is 5.32 Å². The lowest BCUT2D eigenvalue weighted by molar-refractivity contribution is -0.143.